The van der Waals surface area contributed by atoms with Crippen molar-refractivity contribution >= 4 is 28.4 Å². The highest BCUT2D eigenvalue weighted by Crippen LogP contribution is 2.30. The number of hydrogen-bond acceptors (Lipinski definition) is 4. The molecule has 0 spiro atoms. The number of alkyl halides is 3. The molecule has 3 aromatic carbocycles. The van der Waals surface area contributed by atoms with E-state index in [1.165, 1.54) is 36.7 Å². The first-order valence-electron chi connectivity index (χ1n) is 9.26. The molecule has 0 atom stereocenters. The lowest BCUT2D eigenvalue weighted by Gasteiger charge is -2.11. The summed E-state index contributed by atoms with van der Waals surface area (Å²) in [6.45, 7) is 0. The van der Waals surface area contributed by atoms with Gasteiger partial charge in [-0.3, -0.25) is 19.6 Å². The second kappa shape index (κ2) is 8.18. The lowest BCUT2D eigenvalue weighted by atomic mass is 10.0. The quantitative estimate of drug-likeness (QED) is 0.347. The van der Waals surface area contributed by atoms with Crippen LogP contribution in [-0.4, -0.2) is 21.7 Å². The maximum atomic E-state index is 14.4. The average molecular weight is 439 g/mol. The van der Waals surface area contributed by atoms with E-state index < -0.39 is 29.2 Å². The number of benzene rings is 3. The van der Waals surface area contributed by atoms with Gasteiger partial charge in [-0.2, -0.15) is 13.2 Å². The van der Waals surface area contributed by atoms with Gasteiger partial charge in [0, 0.05) is 29.2 Å². The summed E-state index contributed by atoms with van der Waals surface area (Å²) in [7, 11) is 0. The molecule has 1 aromatic heterocycles. The van der Waals surface area contributed by atoms with Gasteiger partial charge in [-0.05, 0) is 54.6 Å². The van der Waals surface area contributed by atoms with Gasteiger partial charge in [-0.1, -0.05) is 6.07 Å². The summed E-state index contributed by atoms with van der Waals surface area (Å²) < 4.78 is 53.0. The van der Waals surface area contributed by atoms with Gasteiger partial charge in [0.2, 0.25) is 0 Å². The van der Waals surface area contributed by atoms with Crippen molar-refractivity contribution in [3.05, 3.63) is 101 Å². The summed E-state index contributed by atoms with van der Waals surface area (Å²) in [5.74, 6) is -2.29. The number of amides is 1. The van der Waals surface area contributed by atoms with Gasteiger partial charge >= 0.3 is 6.18 Å². The van der Waals surface area contributed by atoms with Crippen LogP contribution in [0.3, 0.4) is 0 Å². The molecule has 5 nitrogen and oxygen atoms in total. The van der Waals surface area contributed by atoms with Gasteiger partial charge in [-0.25, -0.2) is 4.39 Å². The third kappa shape index (κ3) is 4.31. The normalized spacial score (nSPS) is 11.4. The molecule has 9 heteroatoms. The summed E-state index contributed by atoms with van der Waals surface area (Å²) >= 11 is 0. The molecule has 0 aliphatic rings. The van der Waals surface area contributed by atoms with Crippen molar-refractivity contribution in [2.24, 2.45) is 0 Å². The Morgan fingerprint density at radius 2 is 1.56 bits per heavy atom. The molecule has 0 radical (unpaired) electrons. The predicted octanol–water partition coefficient (Wildman–Crippen LogP) is 5.27. The Balaban J connectivity index is 1.61. The van der Waals surface area contributed by atoms with Crippen LogP contribution < -0.4 is 5.32 Å². The molecule has 4 rings (SSSR count). The minimum absolute atomic E-state index is 0.0535. The van der Waals surface area contributed by atoms with E-state index in [0.717, 1.165) is 24.3 Å². The van der Waals surface area contributed by atoms with Crippen LogP contribution in [0.4, 0.5) is 23.2 Å². The number of carbonyl (C=O) groups is 2. The van der Waals surface area contributed by atoms with Gasteiger partial charge in [0.15, 0.2) is 5.78 Å². The fourth-order valence-electron chi connectivity index (χ4n) is 3.08. The van der Waals surface area contributed by atoms with Crippen molar-refractivity contribution in [1.82, 2.24) is 9.97 Å². The molecule has 32 heavy (non-hydrogen) atoms. The number of fused-ring (bicyclic) bond motifs is 1. The zero-order valence-electron chi connectivity index (χ0n) is 16.2. The predicted molar refractivity (Wildman–Crippen MR) is 109 cm³/mol. The smallest absolute Gasteiger partial charge is 0.322 e. The van der Waals surface area contributed by atoms with Crippen molar-refractivity contribution in [3.8, 4) is 0 Å². The molecule has 0 unspecified atom stereocenters. The van der Waals surface area contributed by atoms with Crippen LogP contribution in [0.15, 0.2) is 73.1 Å². The van der Waals surface area contributed by atoms with Gasteiger partial charge in [0.25, 0.3) is 5.91 Å². The minimum Gasteiger partial charge on any atom is -0.322 e. The Labute approximate surface area is 178 Å². The van der Waals surface area contributed by atoms with Crippen LogP contribution in [0.1, 0.15) is 31.8 Å². The number of halogens is 4. The molecule has 1 N–H and O–H groups in total. The minimum atomic E-state index is -4.60. The summed E-state index contributed by atoms with van der Waals surface area (Å²) in [4.78, 5) is 33.5. The molecule has 0 bridgehead atoms. The van der Waals surface area contributed by atoms with E-state index >= 15 is 0 Å². The molecular weight excluding hydrogens is 426 g/mol. The van der Waals surface area contributed by atoms with E-state index in [0.29, 0.717) is 17.1 Å². The lowest BCUT2D eigenvalue weighted by Crippen LogP contribution is -2.15. The summed E-state index contributed by atoms with van der Waals surface area (Å²) in [6, 6.07) is 11.7. The number of nitrogens with one attached hydrogen (secondary N) is 1. The monoisotopic (exact) mass is 439 g/mol. The number of nitrogens with zero attached hydrogens (tertiary/aromatic N) is 2. The second-order valence-electron chi connectivity index (χ2n) is 6.82. The maximum absolute atomic E-state index is 14.4. The van der Waals surface area contributed by atoms with Crippen LogP contribution in [0.2, 0.25) is 0 Å². The van der Waals surface area contributed by atoms with Gasteiger partial charge in [-0.15, -0.1) is 0 Å². The van der Waals surface area contributed by atoms with Gasteiger partial charge < -0.3 is 5.32 Å². The molecule has 4 aromatic rings. The first-order valence-corrected chi connectivity index (χ1v) is 9.26. The summed E-state index contributed by atoms with van der Waals surface area (Å²) in [5, 5.41) is 2.39. The Bertz CT molecular complexity index is 1350. The number of anilines is 1. The van der Waals surface area contributed by atoms with Crippen LogP contribution in [0.25, 0.3) is 11.0 Å². The Morgan fingerprint density at radius 3 is 2.31 bits per heavy atom. The van der Waals surface area contributed by atoms with Crippen LogP contribution in [-0.2, 0) is 6.18 Å². The van der Waals surface area contributed by atoms with Crippen molar-refractivity contribution in [2.45, 2.75) is 6.18 Å². The molecule has 0 saturated heterocycles. The first kappa shape index (κ1) is 21.1. The number of hydrogen-bond donors (Lipinski definition) is 1. The van der Waals surface area contributed by atoms with Crippen LogP contribution in [0.5, 0.6) is 0 Å². The van der Waals surface area contributed by atoms with E-state index in [1.807, 2.05) is 0 Å². The highest BCUT2D eigenvalue weighted by Gasteiger charge is 2.31. The van der Waals surface area contributed by atoms with Crippen molar-refractivity contribution in [2.75, 3.05) is 5.32 Å². The number of aromatic nitrogens is 2. The first-order chi connectivity index (χ1) is 15.2. The Hall–Kier alpha value is -4.14. The van der Waals surface area contributed by atoms with E-state index in [2.05, 4.69) is 15.3 Å². The van der Waals surface area contributed by atoms with Crippen LogP contribution in [0, 0.1) is 5.82 Å². The van der Waals surface area contributed by atoms with Crippen molar-refractivity contribution < 1.29 is 27.2 Å². The molecule has 0 saturated carbocycles. The molecule has 0 aliphatic carbocycles. The fraction of sp³-hybridized carbons (Fsp3) is 0.0435. The zero-order valence-corrected chi connectivity index (χ0v) is 16.2. The van der Waals surface area contributed by atoms with Crippen molar-refractivity contribution in [1.29, 1.82) is 0 Å². The van der Waals surface area contributed by atoms with E-state index in [-0.39, 0.29) is 22.4 Å². The van der Waals surface area contributed by atoms with E-state index in [9.17, 15) is 27.2 Å². The van der Waals surface area contributed by atoms with E-state index in [4.69, 9.17) is 0 Å². The molecule has 0 aliphatic heterocycles. The highest BCUT2D eigenvalue weighted by molar-refractivity contribution is 6.11. The third-order valence-corrected chi connectivity index (χ3v) is 4.65. The largest absolute Gasteiger partial charge is 0.416 e. The number of carbonyl (C=O) groups excluding carboxylic acids is 2. The lowest BCUT2D eigenvalue weighted by molar-refractivity contribution is -0.137. The molecule has 0 fully saturated rings. The summed E-state index contributed by atoms with van der Waals surface area (Å²) in [5.41, 5.74) is -0.282. The standard InChI is InChI=1S/C23H13F4N3O2/c24-18-6-5-16(30-22(32)14-2-1-3-15(10-14)23(25,26)27)12-17(18)21(31)13-4-7-19-20(11-13)29-9-8-28-19/h1-12H,(H,30,32). The van der Waals surface area contributed by atoms with Gasteiger partial charge in [0.05, 0.1) is 22.2 Å². The SMILES string of the molecule is O=C(Nc1ccc(F)c(C(=O)c2ccc3nccnc3c2)c1)c1cccc(C(F)(F)F)c1. The topological polar surface area (TPSA) is 72.0 Å². The highest BCUT2D eigenvalue weighted by atomic mass is 19.4. The summed E-state index contributed by atoms with van der Waals surface area (Å²) in [6.07, 6.45) is -1.64. The van der Waals surface area contributed by atoms with Crippen molar-refractivity contribution in [3.63, 3.8) is 0 Å². The molecule has 160 valence electrons. The maximum Gasteiger partial charge on any atom is 0.416 e. The van der Waals surface area contributed by atoms with Gasteiger partial charge in [0.1, 0.15) is 5.82 Å². The Kier molecular flexibility index (Phi) is 5.40. The molecular formula is C23H13F4N3O2. The molecule has 1 heterocycles. The number of rotatable bonds is 4. The average Bonchev–Trinajstić information content (AvgIpc) is 2.79. The third-order valence-electron chi connectivity index (χ3n) is 4.65. The second-order valence-corrected chi connectivity index (χ2v) is 6.82. The molecule has 1 amide bonds. The van der Waals surface area contributed by atoms with E-state index in [1.54, 1.807) is 6.07 Å². The number of ketones is 1. The Morgan fingerprint density at radius 1 is 0.812 bits per heavy atom. The fourth-order valence-corrected chi connectivity index (χ4v) is 3.08. The zero-order chi connectivity index (χ0) is 22.9. The van der Waals surface area contributed by atoms with Crippen LogP contribution >= 0.6 is 0 Å².